The zero-order valence-corrected chi connectivity index (χ0v) is 7.89. The van der Waals surface area contributed by atoms with E-state index in [4.69, 9.17) is 15.9 Å². The molecular formula is C8H10ClF2NO2. The van der Waals surface area contributed by atoms with Gasteiger partial charge in [-0.3, -0.25) is 0 Å². The minimum absolute atomic E-state index is 0. The Kier molecular flexibility index (Phi) is 4.76. The van der Waals surface area contributed by atoms with Crippen LogP contribution in [0, 0.1) is 11.6 Å². The minimum Gasteiger partial charge on any atom is -0.505 e. The van der Waals surface area contributed by atoms with E-state index in [1.807, 2.05) is 0 Å². The molecule has 0 bridgehead atoms. The molecule has 0 aliphatic heterocycles. The molecule has 0 amide bonds. The lowest BCUT2D eigenvalue weighted by Gasteiger charge is -2.11. The average molecular weight is 226 g/mol. The van der Waals surface area contributed by atoms with E-state index in [1.165, 1.54) is 0 Å². The van der Waals surface area contributed by atoms with Crippen molar-refractivity contribution in [2.75, 3.05) is 6.61 Å². The van der Waals surface area contributed by atoms with Crippen LogP contribution in [0.1, 0.15) is 11.6 Å². The Labute approximate surface area is 85.6 Å². The van der Waals surface area contributed by atoms with Gasteiger partial charge in [0.15, 0.2) is 11.6 Å². The third-order valence-electron chi connectivity index (χ3n) is 1.68. The SMILES string of the molecule is Cl.N[C@@H](CO)c1c(F)ccc(F)c1O. The van der Waals surface area contributed by atoms with E-state index in [0.29, 0.717) is 0 Å². The molecule has 1 atom stereocenters. The molecule has 0 spiro atoms. The fourth-order valence-corrected chi connectivity index (χ4v) is 1.00. The standard InChI is InChI=1S/C8H9F2NO2.ClH/c9-4-1-2-5(10)8(13)7(4)6(11)3-12;/h1-2,6,12-13H,3,11H2;1H/t6-;/m0./s1. The summed E-state index contributed by atoms with van der Waals surface area (Å²) in [5, 5.41) is 17.7. The van der Waals surface area contributed by atoms with Gasteiger partial charge in [-0.05, 0) is 12.1 Å². The first kappa shape index (κ1) is 13.1. The maximum absolute atomic E-state index is 13.0. The van der Waals surface area contributed by atoms with Gasteiger partial charge in [0.25, 0.3) is 0 Å². The zero-order chi connectivity index (χ0) is 10.0. The maximum Gasteiger partial charge on any atom is 0.165 e. The van der Waals surface area contributed by atoms with Crippen LogP contribution in [0.5, 0.6) is 5.75 Å². The molecule has 0 radical (unpaired) electrons. The summed E-state index contributed by atoms with van der Waals surface area (Å²) in [4.78, 5) is 0. The molecule has 80 valence electrons. The van der Waals surface area contributed by atoms with Crippen molar-refractivity contribution < 1.29 is 19.0 Å². The van der Waals surface area contributed by atoms with Crippen LogP contribution in [0.2, 0.25) is 0 Å². The van der Waals surface area contributed by atoms with E-state index < -0.39 is 35.6 Å². The molecular weight excluding hydrogens is 216 g/mol. The summed E-state index contributed by atoms with van der Waals surface area (Å²) < 4.78 is 25.7. The first-order valence-corrected chi connectivity index (χ1v) is 3.61. The van der Waals surface area contributed by atoms with Crippen LogP contribution in [-0.2, 0) is 0 Å². The lowest BCUT2D eigenvalue weighted by atomic mass is 10.1. The van der Waals surface area contributed by atoms with Gasteiger partial charge >= 0.3 is 0 Å². The van der Waals surface area contributed by atoms with Gasteiger partial charge in [0.05, 0.1) is 18.2 Å². The molecule has 14 heavy (non-hydrogen) atoms. The van der Waals surface area contributed by atoms with Crippen LogP contribution in [-0.4, -0.2) is 16.8 Å². The molecule has 0 saturated heterocycles. The molecule has 6 heteroatoms. The largest absolute Gasteiger partial charge is 0.505 e. The van der Waals surface area contributed by atoms with Crippen LogP contribution in [0.4, 0.5) is 8.78 Å². The highest BCUT2D eigenvalue weighted by Crippen LogP contribution is 2.28. The second kappa shape index (κ2) is 5.09. The fourth-order valence-electron chi connectivity index (χ4n) is 1.00. The van der Waals surface area contributed by atoms with E-state index in [-0.39, 0.29) is 12.4 Å². The number of phenols is 1. The Hall–Kier alpha value is -0.910. The number of aromatic hydroxyl groups is 1. The number of benzene rings is 1. The highest BCUT2D eigenvalue weighted by atomic mass is 35.5. The predicted molar refractivity (Wildman–Crippen MR) is 49.3 cm³/mol. The molecule has 0 aliphatic rings. The lowest BCUT2D eigenvalue weighted by Crippen LogP contribution is -2.16. The third kappa shape index (κ3) is 2.31. The van der Waals surface area contributed by atoms with E-state index >= 15 is 0 Å². The lowest BCUT2D eigenvalue weighted by molar-refractivity contribution is 0.261. The Balaban J connectivity index is 0.00000169. The highest BCUT2D eigenvalue weighted by molar-refractivity contribution is 5.85. The van der Waals surface area contributed by atoms with Gasteiger partial charge in [-0.25, -0.2) is 8.78 Å². The predicted octanol–water partition coefficient (Wildman–Crippen LogP) is 1.08. The molecule has 0 saturated carbocycles. The van der Waals surface area contributed by atoms with Crippen LogP contribution < -0.4 is 5.73 Å². The Morgan fingerprint density at radius 2 is 1.79 bits per heavy atom. The van der Waals surface area contributed by atoms with Gasteiger partial charge < -0.3 is 15.9 Å². The monoisotopic (exact) mass is 225 g/mol. The van der Waals surface area contributed by atoms with Gasteiger partial charge in [0.1, 0.15) is 5.82 Å². The second-order valence-electron chi connectivity index (χ2n) is 2.58. The summed E-state index contributed by atoms with van der Waals surface area (Å²) >= 11 is 0. The van der Waals surface area contributed by atoms with Gasteiger partial charge in [0, 0.05) is 0 Å². The molecule has 1 aromatic carbocycles. The third-order valence-corrected chi connectivity index (χ3v) is 1.68. The summed E-state index contributed by atoms with van der Waals surface area (Å²) in [5.41, 5.74) is 4.85. The molecule has 0 fully saturated rings. The van der Waals surface area contributed by atoms with Gasteiger partial charge in [0.2, 0.25) is 0 Å². The van der Waals surface area contributed by atoms with Crippen LogP contribution in [0.25, 0.3) is 0 Å². The fraction of sp³-hybridized carbons (Fsp3) is 0.250. The summed E-state index contributed by atoms with van der Waals surface area (Å²) in [6.45, 7) is -0.562. The second-order valence-corrected chi connectivity index (χ2v) is 2.58. The Morgan fingerprint density at radius 3 is 2.29 bits per heavy atom. The molecule has 3 nitrogen and oxygen atoms in total. The van der Waals surface area contributed by atoms with Crippen LogP contribution in [0.15, 0.2) is 12.1 Å². The summed E-state index contributed by atoms with van der Waals surface area (Å²) in [6, 6.07) is 0.522. The topological polar surface area (TPSA) is 66.5 Å². The molecule has 0 unspecified atom stereocenters. The summed E-state index contributed by atoms with van der Waals surface area (Å²) in [7, 11) is 0. The van der Waals surface area contributed by atoms with Gasteiger partial charge in [-0.2, -0.15) is 0 Å². The number of halogens is 3. The molecule has 0 aromatic heterocycles. The smallest absolute Gasteiger partial charge is 0.165 e. The van der Waals surface area contributed by atoms with Crippen molar-refractivity contribution >= 4 is 12.4 Å². The molecule has 0 heterocycles. The Morgan fingerprint density at radius 1 is 1.29 bits per heavy atom. The van der Waals surface area contributed by atoms with Crippen molar-refractivity contribution in [3.05, 3.63) is 29.3 Å². The molecule has 1 aromatic rings. The maximum atomic E-state index is 13.0. The zero-order valence-electron chi connectivity index (χ0n) is 7.08. The number of aliphatic hydroxyl groups excluding tert-OH is 1. The van der Waals surface area contributed by atoms with Gasteiger partial charge in [-0.15, -0.1) is 12.4 Å². The van der Waals surface area contributed by atoms with Crippen molar-refractivity contribution in [1.82, 2.24) is 0 Å². The van der Waals surface area contributed by atoms with Crippen molar-refractivity contribution in [2.45, 2.75) is 6.04 Å². The molecule has 4 N–H and O–H groups in total. The number of hydrogen-bond acceptors (Lipinski definition) is 3. The van der Waals surface area contributed by atoms with Crippen molar-refractivity contribution in [3.8, 4) is 5.75 Å². The normalized spacial score (nSPS) is 12.0. The summed E-state index contributed by atoms with van der Waals surface area (Å²) in [6.07, 6.45) is 0. The first-order valence-electron chi connectivity index (χ1n) is 3.61. The van der Waals surface area contributed by atoms with E-state index in [2.05, 4.69) is 0 Å². The van der Waals surface area contributed by atoms with E-state index in [0.717, 1.165) is 12.1 Å². The number of rotatable bonds is 2. The van der Waals surface area contributed by atoms with Crippen molar-refractivity contribution in [3.63, 3.8) is 0 Å². The van der Waals surface area contributed by atoms with Crippen molar-refractivity contribution in [2.24, 2.45) is 5.73 Å². The van der Waals surface area contributed by atoms with Crippen LogP contribution >= 0.6 is 12.4 Å². The minimum atomic E-state index is -1.12. The quantitative estimate of drug-likeness (QED) is 0.706. The summed E-state index contributed by atoms with van der Waals surface area (Å²) in [5.74, 6) is -2.64. The molecule has 1 rings (SSSR count). The number of hydrogen-bond donors (Lipinski definition) is 3. The van der Waals surface area contributed by atoms with E-state index in [1.54, 1.807) is 0 Å². The van der Waals surface area contributed by atoms with Crippen LogP contribution in [0.3, 0.4) is 0 Å². The molecule has 0 aliphatic carbocycles. The average Bonchev–Trinajstić information content (AvgIpc) is 2.12. The van der Waals surface area contributed by atoms with E-state index in [9.17, 15) is 8.78 Å². The van der Waals surface area contributed by atoms with Gasteiger partial charge in [-0.1, -0.05) is 0 Å². The number of nitrogens with two attached hydrogens (primary N) is 1. The first-order chi connectivity index (χ1) is 6.07. The highest BCUT2D eigenvalue weighted by Gasteiger charge is 2.18. The van der Waals surface area contributed by atoms with Crippen molar-refractivity contribution in [1.29, 1.82) is 0 Å². The number of phenolic OH excluding ortho intramolecular Hbond substituents is 1. The Bertz CT molecular complexity index is 322. The number of aliphatic hydroxyl groups is 1.